The van der Waals surface area contributed by atoms with E-state index in [-0.39, 0.29) is 5.82 Å². The standard InChI is InChI=1S/C16H18FNO/c1-11-7-8-14(17)13(9-11)16(18)15(19)10-12-5-3-2-4-6-12/h2-9,15-16,19H,10,18H2,1H3/t15-,16+/m1/s1. The first-order valence-electron chi connectivity index (χ1n) is 6.31. The van der Waals surface area contributed by atoms with Crippen molar-refractivity contribution in [2.75, 3.05) is 0 Å². The highest BCUT2D eigenvalue weighted by Gasteiger charge is 2.20. The molecule has 2 aromatic rings. The molecule has 0 aliphatic heterocycles. The highest BCUT2D eigenvalue weighted by molar-refractivity contribution is 5.28. The van der Waals surface area contributed by atoms with E-state index in [0.29, 0.717) is 12.0 Å². The second-order valence-electron chi connectivity index (χ2n) is 4.81. The van der Waals surface area contributed by atoms with E-state index in [9.17, 15) is 9.50 Å². The zero-order valence-electron chi connectivity index (χ0n) is 10.9. The molecule has 0 heterocycles. The fourth-order valence-electron chi connectivity index (χ4n) is 2.11. The van der Waals surface area contributed by atoms with Gasteiger partial charge in [-0.1, -0.05) is 48.0 Å². The van der Waals surface area contributed by atoms with Crippen LogP contribution in [0.4, 0.5) is 4.39 Å². The number of aliphatic hydroxyl groups excluding tert-OH is 1. The average Bonchev–Trinajstić information content (AvgIpc) is 2.42. The van der Waals surface area contributed by atoms with Gasteiger partial charge in [-0.2, -0.15) is 0 Å². The first-order chi connectivity index (χ1) is 9.08. The number of hydrogen-bond donors (Lipinski definition) is 2. The summed E-state index contributed by atoms with van der Waals surface area (Å²) in [6.07, 6.45) is -0.395. The third-order valence-electron chi connectivity index (χ3n) is 3.21. The van der Waals surface area contributed by atoms with E-state index in [0.717, 1.165) is 11.1 Å². The van der Waals surface area contributed by atoms with Crippen molar-refractivity contribution in [3.8, 4) is 0 Å². The third-order valence-corrected chi connectivity index (χ3v) is 3.21. The fraction of sp³-hybridized carbons (Fsp3) is 0.250. The molecule has 3 heteroatoms. The first kappa shape index (κ1) is 13.7. The summed E-state index contributed by atoms with van der Waals surface area (Å²) in [4.78, 5) is 0. The Balaban J connectivity index is 2.14. The smallest absolute Gasteiger partial charge is 0.128 e. The second kappa shape index (κ2) is 5.95. The highest BCUT2D eigenvalue weighted by atomic mass is 19.1. The molecule has 0 radical (unpaired) electrons. The van der Waals surface area contributed by atoms with Gasteiger partial charge in [0, 0.05) is 12.0 Å². The van der Waals surface area contributed by atoms with Gasteiger partial charge in [-0.3, -0.25) is 0 Å². The lowest BCUT2D eigenvalue weighted by molar-refractivity contribution is 0.143. The van der Waals surface area contributed by atoms with Gasteiger partial charge in [0.1, 0.15) is 5.82 Å². The Morgan fingerprint density at radius 3 is 2.53 bits per heavy atom. The maximum Gasteiger partial charge on any atom is 0.128 e. The first-order valence-corrected chi connectivity index (χ1v) is 6.31. The monoisotopic (exact) mass is 259 g/mol. The average molecular weight is 259 g/mol. The van der Waals surface area contributed by atoms with Gasteiger partial charge in [-0.25, -0.2) is 4.39 Å². The van der Waals surface area contributed by atoms with Crippen LogP contribution in [0.15, 0.2) is 48.5 Å². The lowest BCUT2D eigenvalue weighted by Crippen LogP contribution is -2.29. The number of hydrogen-bond acceptors (Lipinski definition) is 2. The second-order valence-corrected chi connectivity index (χ2v) is 4.81. The van der Waals surface area contributed by atoms with Crippen LogP contribution >= 0.6 is 0 Å². The Morgan fingerprint density at radius 2 is 1.84 bits per heavy atom. The van der Waals surface area contributed by atoms with Crippen LogP contribution in [0.3, 0.4) is 0 Å². The van der Waals surface area contributed by atoms with Crippen molar-refractivity contribution in [1.29, 1.82) is 0 Å². The molecule has 0 aromatic heterocycles. The molecule has 0 aliphatic rings. The number of aliphatic hydroxyl groups is 1. The molecule has 0 aliphatic carbocycles. The SMILES string of the molecule is Cc1ccc(F)c([C@H](N)[C@H](O)Cc2ccccc2)c1. The van der Waals surface area contributed by atoms with Crippen molar-refractivity contribution in [2.45, 2.75) is 25.5 Å². The molecule has 2 rings (SSSR count). The van der Waals surface area contributed by atoms with Crippen molar-refractivity contribution in [1.82, 2.24) is 0 Å². The van der Waals surface area contributed by atoms with Crippen LogP contribution in [-0.2, 0) is 6.42 Å². The zero-order chi connectivity index (χ0) is 13.8. The van der Waals surface area contributed by atoms with Gasteiger partial charge in [0.05, 0.1) is 12.1 Å². The molecule has 0 bridgehead atoms. The molecule has 3 N–H and O–H groups in total. The Kier molecular flexibility index (Phi) is 4.30. The van der Waals surface area contributed by atoms with Gasteiger partial charge in [-0.05, 0) is 18.6 Å². The molecule has 0 fully saturated rings. The van der Waals surface area contributed by atoms with Crippen molar-refractivity contribution < 1.29 is 9.50 Å². The minimum atomic E-state index is -0.807. The van der Waals surface area contributed by atoms with E-state index in [2.05, 4.69) is 0 Å². The molecule has 19 heavy (non-hydrogen) atoms. The molecule has 100 valence electrons. The lowest BCUT2D eigenvalue weighted by atomic mass is 9.95. The molecule has 2 nitrogen and oxygen atoms in total. The van der Waals surface area contributed by atoms with Crippen LogP contribution in [0.1, 0.15) is 22.7 Å². The summed E-state index contributed by atoms with van der Waals surface area (Å²) in [6.45, 7) is 1.87. The Labute approximate surface area is 112 Å². The molecule has 0 saturated carbocycles. The van der Waals surface area contributed by atoms with Crippen molar-refractivity contribution in [3.05, 3.63) is 71.0 Å². The van der Waals surface area contributed by atoms with Crippen LogP contribution in [0.25, 0.3) is 0 Å². The minimum absolute atomic E-state index is 0.364. The molecule has 0 amide bonds. The summed E-state index contributed by atoms with van der Waals surface area (Å²) in [7, 11) is 0. The summed E-state index contributed by atoms with van der Waals surface area (Å²) in [6, 6.07) is 13.6. The molecule has 0 saturated heterocycles. The maximum atomic E-state index is 13.7. The van der Waals surface area contributed by atoms with Crippen molar-refractivity contribution >= 4 is 0 Å². The van der Waals surface area contributed by atoms with Crippen LogP contribution in [0.5, 0.6) is 0 Å². The minimum Gasteiger partial charge on any atom is -0.391 e. The number of nitrogens with two attached hydrogens (primary N) is 1. The van der Waals surface area contributed by atoms with E-state index in [1.807, 2.05) is 37.3 Å². The van der Waals surface area contributed by atoms with Crippen LogP contribution < -0.4 is 5.73 Å². The lowest BCUT2D eigenvalue weighted by Gasteiger charge is -2.20. The van der Waals surface area contributed by atoms with Gasteiger partial charge in [0.2, 0.25) is 0 Å². The molecular formula is C16H18FNO. The molecule has 2 atom stereocenters. The van der Waals surface area contributed by atoms with E-state index in [1.54, 1.807) is 12.1 Å². The van der Waals surface area contributed by atoms with Gasteiger partial charge in [0.15, 0.2) is 0 Å². The van der Waals surface area contributed by atoms with Crippen LogP contribution in [-0.4, -0.2) is 11.2 Å². The summed E-state index contributed by atoms with van der Waals surface area (Å²) >= 11 is 0. The molecule has 2 aromatic carbocycles. The molecular weight excluding hydrogens is 241 g/mol. The normalized spacial score (nSPS) is 14.1. The maximum absolute atomic E-state index is 13.7. The van der Waals surface area contributed by atoms with E-state index >= 15 is 0 Å². The predicted octanol–water partition coefficient (Wildman–Crippen LogP) is 2.74. The number of benzene rings is 2. The third kappa shape index (κ3) is 3.40. The molecule has 0 spiro atoms. The summed E-state index contributed by atoms with van der Waals surface area (Å²) in [5.74, 6) is -0.370. The van der Waals surface area contributed by atoms with Gasteiger partial charge in [-0.15, -0.1) is 0 Å². The number of rotatable bonds is 4. The summed E-state index contributed by atoms with van der Waals surface area (Å²) in [5, 5.41) is 10.1. The zero-order valence-corrected chi connectivity index (χ0v) is 10.9. The van der Waals surface area contributed by atoms with Gasteiger partial charge < -0.3 is 10.8 Å². The Morgan fingerprint density at radius 1 is 1.16 bits per heavy atom. The largest absolute Gasteiger partial charge is 0.391 e. The highest BCUT2D eigenvalue weighted by Crippen LogP contribution is 2.21. The summed E-state index contributed by atoms with van der Waals surface area (Å²) in [5.41, 5.74) is 8.24. The van der Waals surface area contributed by atoms with Crippen molar-refractivity contribution in [2.24, 2.45) is 5.73 Å². The topological polar surface area (TPSA) is 46.2 Å². The van der Waals surface area contributed by atoms with Gasteiger partial charge >= 0.3 is 0 Å². The Bertz CT molecular complexity index is 542. The summed E-state index contributed by atoms with van der Waals surface area (Å²) < 4.78 is 13.7. The van der Waals surface area contributed by atoms with Crippen LogP contribution in [0.2, 0.25) is 0 Å². The fourth-order valence-corrected chi connectivity index (χ4v) is 2.11. The van der Waals surface area contributed by atoms with E-state index < -0.39 is 12.1 Å². The molecule has 0 unspecified atom stereocenters. The van der Waals surface area contributed by atoms with Crippen LogP contribution in [0, 0.1) is 12.7 Å². The quantitative estimate of drug-likeness (QED) is 0.887. The number of halogens is 1. The van der Waals surface area contributed by atoms with Crippen molar-refractivity contribution in [3.63, 3.8) is 0 Å². The van der Waals surface area contributed by atoms with Gasteiger partial charge in [0.25, 0.3) is 0 Å². The number of aryl methyl sites for hydroxylation is 1. The van der Waals surface area contributed by atoms with E-state index in [1.165, 1.54) is 6.07 Å². The Hall–Kier alpha value is -1.71. The predicted molar refractivity (Wildman–Crippen MR) is 74.2 cm³/mol. The van der Waals surface area contributed by atoms with E-state index in [4.69, 9.17) is 5.73 Å².